The molecule has 0 atom stereocenters. The maximum atomic E-state index is 12.4. The van der Waals surface area contributed by atoms with E-state index in [4.69, 9.17) is 4.74 Å². The molecule has 0 fully saturated rings. The Morgan fingerprint density at radius 3 is 1.83 bits per heavy atom. The van der Waals surface area contributed by atoms with Crippen molar-refractivity contribution >= 4 is 11.8 Å². The number of benzene rings is 1. The van der Waals surface area contributed by atoms with Crippen LogP contribution in [0.1, 0.15) is 131 Å². The summed E-state index contributed by atoms with van der Waals surface area (Å²) < 4.78 is 7.07. The van der Waals surface area contributed by atoms with Gasteiger partial charge in [0.1, 0.15) is 0 Å². The minimum absolute atomic E-state index is 0.0146. The summed E-state index contributed by atoms with van der Waals surface area (Å²) in [5, 5.41) is 0. The van der Waals surface area contributed by atoms with Crippen molar-refractivity contribution in [3.63, 3.8) is 0 Å². The highest BCUT2D eigenvalue weighted by atomic mass is 16.5. The van der Waals surface area contributed by atoms with Gasteiger partial charge in [0.25, 0.3) is 0 Å². The molecule has 0 aliphatic rings. The van der Waals surface area contributed by atoms with Gasteiger partial charge in [0.15, 0.2) is 6.20 Å². The lowest BCUT2D eigenvalue weighted by atomic mass is 10.0. The first-order valence-electron chi connectivity index (χ1n) is 14.3. The monoisotopic (exact) mass is 495 g/mol. The van der Waals surface area contributed by atoms with E-state index >= 15 is 0 Å². The summed E-state index contributed by atoms with van der Waals surface area (Å²) in [6, 6.07) is 9.14. The molecule has 2 aromatic rings. The van der Waals surface area contributed by atoms with Gasteiger partial charge in [-0.3, -0.25) is 4.79 Å². The molecule has 0 saturated heterocycles. The Balaban J connectivity index is 1.45. The van der Waals surface area contributed by atoms with Gasteiger partial charge in [-0.1, -0.05) is 134 Å². The second kappa shape index (κ2) is 19.6. The van der Waals surface area contributed by atoms with E-state index in [-0.39, 0.29) is 18.0 Å². The first kappa shape index (κ1) is 29.7. The Morgan fingerprint density at radius 1 is 0.750 bits per heavy atom. The minimum Gasteiger partial charge on any atom is -0.461 e. The van der Waals surface area contributed by atoms with E-state index in [1.807, 2.05) is 18.2 Å². The summed E-state index contributed by atoms with van der Waals surface area (Å²) in [7, 11) is 0. The number of nitrogens with zero attached hydrogens (tertiary/aromatic N) is 2. The third-order valence-electron chi connectivity index (χ3n) is 6.62. The third-order valence-corrected chi connectivity index (χ3v) is 6.62. The van der Waals surface area contributed by atoms with E-state index in [2.05, 4.69) is 11.9 Å². The molecule has 1 aromatic heterocycles. The van der Waals surface area contributed by atoms with Crippen molar-refractivity contribution < 1.29 is 18.9 Å². The van der Waals surface area contributed by atoms with Crippen LogP contribution in [0, 0.1) is 0 Å². The van der Waals surface area contributed by atoms with E-state index < -0.39 is 5.97 Å². The molecule has 5 heteroatoms. The van der Waals surface area contributed by atoms with Gasteiger partial charge in [0, 0.05) is 5.56 Å². The number of carbonyl (C=O) groups excluding carboxylic acids is 2. The van der Waals surface area contributed by atoms with Crippen molar-refractivity contribution in [3.05, 3.63) is 60.2 Å². The lowest BCUT2D eigenvalue weighted by Gasteiger charge is -2.05. The normalized spacial score (nSPS) is 10.9. The van der Waals surface area contributed by atoms with Gasteiger partial charge in [-0.15, -0.1) is 0 Å². The van der Waals surface area contributed by atoms with Gasteiger partial charge in [0.2, 0.25) is 24.2 Å². The first-order valence-corrected chi connectivity index (χ1v) is 14.3. The van der Waals surface area contributed by atoms with Crippen LogP contribution in [0.15, 0.2) is 48.9 Å². The van der Waals surface area contributed by atoms with Gasteiger partial charge >= 0.3 is 5.97 Å². The minimum atomic E-state index is -0.433. The second-order valence-corrected chi connectivity index (χ2v) is 9.84. The lowest BCUT2D eigenvalue weighted by Crippen LogP contribution is -2.38. The molecule has 36 heavy (non-hydrogen) atoms. The second-order valence-electron chi connectivity index (χ2n) is 9.84. The molecule has 0 radical (unpaired) electrons. The predicted octanol–water partition coefficient (Wildman–Crippen LogP) is 7.67. The molecule has 198 valence electrons. The molecule has 0 amide bonds. The topological polar surface area (TPSA) is 60.1 Å². The molecular weight excluding hydrogens is 448 g/mol. The molecule has 1 aromatic carbocycles. The Bertz CT molecular complexity index is 854. The van der Waals surface area contributed by atoms with Crippen LogP contribution in [0.25, 0.3) is 0 Å². The van der Waals surface area contributed by atoms with Gasteiger partial charge in [-0.05, 0) is 6.42 Å². The van der Waals surface area contributed by atoms with Gasteiger partial charge in [-0.2, -0.15) is 4.57 Å². The van der Waals surface area contributed by atoms with Crippen molar-refractivity contribution in [1.82, 2.24) is 4.98 Å². The largest absolute Gasteiger partial charge is 0.461 e. The van der Waals surface area contributed by atoms with Crippen molar-refractivity contribution in [2.45, 2.75) is 116 Å². The molecule has 0 bridgehead atoms. The fourth-order valence-corrected chi connectivity index (χ4v) is 4.41. The van der Waals surface area contributed by atoms with Crippen molar-refractivity contribution in [3.8, 4) is 0 Å². The molecule has 0 aliphatic carbocycles. The number of hydrogen-bond acceptors (Lipinski definition) is 4. The summed E-state index contributed by atoms with van der Waals surface area (Å²) in [4.78, 5) is 28.8. The van der Waals surface area contributed by atoms with Crippen LogP contribution in [0.3, 0.4) is 0 Å². The van der Waals surface area contributed by atoms with E-state index in [0.717, 1.165) is 12.8 Å². The zero-order chi connectivity index (χ0) is 25.7. The van der Waals surface area contributed by atoms with E-state index in [9.17, 15) is 9.59 Å². The number of carbonyl (C=O) groups is 2. The number of unbranched alkanes of at least 4 members (excludes halogenated alkanes) is 15. The van der Waals surface area contributed by atoms with Gasteiger partial charge < -0.3 is 4.74 Å². The lowest BCUT2D eigenvalue weighted by molar-refractivity contribution is -0.683. The Morgan fingerprint density at radius 2 is 1.28 bits per heavy atom. The third kappa shape index (κ3) is 13.5. The number of ketones is 1. The predicted molar refractivity (Wildman–Crippen MR) is 145 cm³/mol. The first-order chi connectivity index (χ1) is 17.7. The maximum Gasteiger partial charge on any atom is 0.363 e. The number of hydrogen-bond donors (Lipinski definition) is 0. The standard InChI is InChI=1S/C31H47N2O3/c1-2-3-4-5-6-7-8-9-10-11-12-13-14-15-16-20-25-36-31(35)29-26-33(24-23-32-29)27-30(34)28-21-18-17-19-22-28/h17-19,21-24,26H,2-16,20,25,27H2,1H3/q+1. The molecule has 2 rings (SSSR count). The van der Waals surface area contributed by atoms with E-state index in [1.54, 1.807) is 29.1 Å². The molecule has 0 aliphatic heterocycles. The average molecular weight is 496 g/mol. The quantitative estimate of drug-likeness (QED) is 0.0771. The summed E-state index contributed by atoms with van der Waals surface area (Å²) in [6.07, 6.45) is 25.9. The molecular formula is C31H47N2O3+. The van der Waals surface area contributed by atoms with Crippen LogP contribution in [0.5, 0.6) is 0 Å². The SMILES string of the molecule is CCCCCCCCCCCCCCCCCCOC(=O)c1c[n+](CC(=O)c2ccccc2)ccn1. The summed E-state index contributed by atoms with van der Waals surface area (Å²) in [6.45, 7) is 2.85. The van der Waals surface area contributed by atoms with Crippen LogP contribution < -0.4 is 4.57 Å². The van der Waals surface area contributed by atoms with E-state index in [0.29, 0.717) is 12.2 Å². The molecule has 0 spiro atoms. The average Bonchev–Trinajstić information content (AvgIpc) is 2.91. The highest BCUT2D eigenvalue weighted by molar-refractivity contribution is 5.95. The number of aromatic nitrogens is 2. The molecule has 5 nitrogen and oxygen atoms in total. The summed E-state index contributed by atoms with van der Waals surface area (Å²) in [5.74, 6) is -0.447. The molecule has 0 saturated carbocycles. The van der Waals surface area contributed by atoms with Crippen molar-refractivity contribution in [2.75, 3.05) is 6.61 Å². The van der Waals surface area contributed by atoms with E-state index in [1.165, 1.54) is 96.1 Å². The number of rotatable bonds is 21. The Kier molecular flexibility index (Phi) is 16.2. The van der Waals surface area contributed by atoms with Crippen LogP contribution in [-0.4, -0.2) is 23.3 Å². The number of ether oxygens (including phenoxy) is 1. The summed E-state index contributed by atoms with van der Waals surface area (Å²) in [5.41, 5.74) is 0.879. The molecule has 0 unspecified atom stereocenters. The number of Topliss-reactive ketones (excluding diaryl/α,β-unsaturated/α-hetero) is 1. The Hall–Kier alpha value is -2.56. The van der Waals surface area contributed by atoms with Crippen LogP contribution >= 0.6 is 0 Å². The molecule has 1 heterocycles. The zero-order valence-corrected chi connectivity index (χ0v) is 22.5. The van der Waals surface area contributed by atoms with Crippen LogP contribution in [0.4, 0.5) is 0 Å². The molecule has 0 N–H and O–H groups in total. The van der Waals surface area contributed by atoms with Crippen molar-refractivity contribution in [2.24, 2.45) is 0 Å². The van der Waals surface area contributed by atoms with Crippen LogP contribution in [0.2, 0.25) is 0 Å². The fourth-order valence-electron chi connectivity index (χ4n) is 4.41. The fraction of sp³-hybridized carbons (Fsp3) is 0.613. The van der Waals surface area contributed by atoms with Gasteiger partial charge in [-0.25, -0.2) is 9.78 Å². The van der Waals surface area contributed by atoms with Gasteiger partial charge in [0.05, 0.1) is 12.8 Å². The summed E-state index contributed by atoms with van der Waals surface area (Å²) >= 11 is 0. The Labute approximate surface area is 218 Å². The van der Waals surface area contributed by atoms with Crippen LogP contribution in [-0.2, 0) is 11.3 Å². The number of esters is 1. The highest BCUT2D eigenvalue weighted by Gasteiger charge is 2.17. The smallest absolute Gasteiger partial charge is 0.363 e. The zero-order valence-electron chi connectivity index (χ0n) is 22.5. The maximum absolute atomic E-state index is 12.4. The van der Waals surface area contributed by atoms with Crippen molar-refractivity contribution in [1.29, 1.82) is 0 Å². The highest BCUT2D eigenvalue weighted by Crippen LogP contribution is 2.13.